The van der Waals surface area contributed by atoms with Gasteiger partial charge in [-0.05, 0) is 17.7 Å². The number of aromatic nitrogens is 1. The van der Waals surface area contributed by atoms with Crippen molar-refractivity contribution in [2.75, 3.05) is 18.4 Å². The van der Waals surface area contributed by atoms with Crippen molar-refractivity contribution in [2.45, 2.75) is 13.5 Å². The highest BCUT2D eigenvalue weighted by Gasteiger charge is 2.13. The molecule has 0 aliphatic carbocycles. The van der Waals surface area contributed by atoms with Gasteiger partial charge in [-0.1, -0.05) is 35.6 Å². The Morgan fingerprint density at radius 2 is 1.88 bits per heavy atom. The number of aromatic amines is 1. The van der Waals surface area contributed by atoms with Crippen molar-refractivity contribution >= 4 is 22.9 Å². The van der Waals surface area contributed by atoms with E-state index in [4.69, 9.17) is 0 Å². The van der Waals surface area contributed by atoms with Gasteiger partial charge in [-0.2, -0.15) is 0 Å². The standard InChI is InChI=1S/C18H21N3O2S/c1-4-10-21(11-5-2)12-16-17(20-18(23)24-16)14-6-8-15(9-7-14)19-13(3)22/h4-9H,1-2,10-12H2,3H3,(H,19,22)(H,20,23). The van der Waals surface area contributed by atoms with Crippen LogP contribution in [0.25, 0.3) is 11.3 Å². The molecule has 1 heterocycles. The third kappa shape index (κ3) is 4.78. The van der Waals surface area contributed by atoms with Crippen molar-refractivity contribution < 1.29 is 4.79 Å². The van der Waals surface area contributed by atoms with Gasteiger partial charge in [0, 0.05) is 37.1 Å². The molecule has 0 saturated heterocycles. The summed E-state index contributed by atoms with van der Waals surface area (Å²) >= 11 is 1.21. The van der Waals surface area contributed by atoms with Crippen LogP contribution < -0.4 is 10.2 Å². The summed E-state index contributed by atoms with van der Waals surface area (Å²) in [7, 11) is 0. The Morgan fingerprint density at radius 1 is 1.25 bits per heavy atom. The molecule has 1 aromatic carbocycles. The van der Waals surface area contributed by atoms with Gasteiger partial charge in [0.2, 0.25) is 5.91 Å². The number of benzene rings is 1. The summed E-state index contributed by atoms with van der Waals surface area (Å²) in [4.78, 5) is 28.9. The predicted octanol–water partition coefficient (Wildman–Crippen LogP) is 3.24. The summed E-state index contributed by atoms with van der Waals surface area (Å²) in [5.74, 6) is -0.114. The third-order valence-corrected chi connectivity index (χ3v) is 4.22. The maximum absolute atomic E-state index is 11.8. The molecule has 1 aromatic heterocycles. The summed E-state index contributed by atoms with van der Waals surface area (Å²) in [6.45, 7) is 11.1. The highest BCUT2D eigenvalue weighted by Crippen LogP contribution is 2.26. The SMILES string of the molecule is C=CCN(CC=C)Cc1sc(=O)[nH]c1-c1ccc(NC(C)=O)cc1. The minimum Gasteiger partial charge on any atom is -0.326 e. The molecule has 0 fully saturated rings. The quantitative estimate of drug-likeness (QED) is 0.723. The van der Waals surface area contributed by atoms with Crippen LogP contribution in [0.15, 0.2) is 54.4 Å². The Morgan fingerprint density at radius 3 is 2.42 bits per heavy atom. The van der Waals surface area contributed by atoms with Gasteiger partial charge >= 0.3 is 4.87 Å². The average Bonchev–Trinajstić information content (AvgIpc) is 2.88. The number of H-pyrrole nitrogens is 1. The van der Waals surface area contributed by atoms with Gasteiger partial charge in [0.05, 0.1) is 5.69 Å². The van der Waals surface area contributed by atoms with Gasteiger partial charge in [0.25, 0.3) is 0 Å². The van der Waals surface area contributed by atoms with Crippen LogP contribution in [-0.4, -0.2) is 28.9 Å². The lowest BCUT2D eigenvalue weighted by Gasteiger charge is -2.18. The second kappa shape index (κ2) is 8.42. The monoisotopic (exact) mass is 343 g/mol. The molecular weight excluding hydrogens is 322 g/mol. The number of carbonyl (C=O) groups excluding carboxylic acids is 1. The number of nitrogens with zero attached hydrogens (tertiary/aromatic N) is 1. The van der Waals surface area contributed by atoms with Crippen molar-refractivity contribution in [1.29, 1.82) is 0 Å². The molecule has 0 radical (unpaired) electrons. The zero-order chi connectivity index (χ0) is 17.5. The van der Waals surface area contributed by atoms with Gasteiger partial charge < -0.3 is 10.3 Å². The molecule has 5 nitrogen and oxygen atoms in total. The molecule has 2 aromatic rings. The van der Waals surface area contributed by atoms with Crippen molar-refractivity contribution in [3.63, 3.8) is 0 Å². The highest BCUT2D eigenvalue weighted by atomic mass is 32.1. The first kappa shape index (κ1) is 17.9. The number of hydrogen-bond acceptors (Lipinski definition) is 4. The van der Waals surface area contributed by atoms with Gasteiger partial charge in [0.15, 0.2) is 0 Å². The van der Waals surface area contributed by atoms with E-state index in [2.05, 4.69) is 28.4 Å². The van der Waals surface area contributed by atoms with Crippen LogP contribution in [-0.2, 0) is 11.3 Å². The molecule has 0 saturated carbocycles. The fraction of sp³-hybridized carbons (Fsp3) is 0.222. The van der Waals surface area contributed by atoms with Gasteiger partial charge in [-0.25, -0.2) is 0 Å². The topological polar surface area (TPSA) is 65.2 Å². The van der Waals surface area contributed by atoms with Crippen molar-refractivity contribution in [3.05, 3.63) is 64.1 Å². The molecule has 0 bridgehead atoms. The van der Waals surface area contributed by atoms with E-state index in [9.17, 15) is 9.59 Å². The Labute approximate surface area is 145 Å². The smallest absolute Gasteiger partial charge is 0.305 e. The van der Waals surface area contributed by atoms with Gasteiger partial charge in [-0.3, -0.25) is 14.5 Å². The van der Waals surface area contributed by atoms with E-state index in [1.807, 2.05) is 36.4 Å². The van der Waals surface area contributed by atoms with Crippen molar-refractivity contribution in [2.24, 2.45) is 0 Å². The van der Waals surface area contributed by atoms with Crippen LogP contribution in [0.4, 0.5) is 5.69 Å². The lowest BCUT2D eigenvalue weighted by Crippen LogP contribution is -2.23. The van der Waals surface area contributed by atoms with E-state index in [1.165, 1.54) is 18.3 Å². The summed E-state index contributed by atoms with van der Waals surface area (Å²) in [5, 5.41) is 2.73. The Hall–Kier alpha value is -2.44. The maximum atomic E-state index is 11.8. The zero-order valence-corrected chi connectivity index (χ0v) is 14.5. The summed E-state index contributed by atoms with van der Waals surface area (Å²) in [5.41, 5.74) is 2.46. The van der Waals surface area contributed by atoms with Crippen LogP contribution in [0.2, 0.25) is 0 Å². The third-order valence-electron chi connectivity index (χ3n) is 3.36. The average molecular weight is 343 g/mol. The first-order valence-electron chi connectivity index (χ1n) is 7.57. The van der Waals surface area contributed by atoms with Crippen LogP contribution in [0.3, 0.4) is 0 Å². The maximum Gasteiger partial charge on any atom is 0.305 e. The largest absolute Gasteiger partial charge is 0.326 e. The second-order valence-electron chi connectivity index (χ2n) is 5.34. The molecule has 6 heteroatoms. The molecule has 1 amide bonds. The molecule has 0 atom stereocenters. The molecule has 0 unspecified atom stereocenters. The fourth-order valence-electron chi connectivity index (χ4n) is 2.40. The van der Waals surface area contributed by atoms with Crippen LogP contribution >= 0.6 is 11.3 Å². The molecule has 24 heavy (non-hydrogen) atoms. The molecule has 0 aliphatic heterocycles. The molecule has 0 spiro atoms. The molecular formula is C18H21N3O2S. The fourth-order valence-corrected chi connectivity index (χ4v) is 3.30. The summed E-state index contributed by atoms with van der Waals surface area (Å²) in [6, 6.07) is 7.42. The first-order chi connectivity index (χ1) is 11.5. The zero-order valence-electron chi connectivity index (χ0n) is 13.7. The Kier molecular flexibility index (Phi) is 6.28. The number of anilines is 1. The van der Waals surface area contributed by atoms with E-state index in [0.717, 1.165) is 34.9 Å². The number of nitrogens with one attached hydrogen (secondary N) is 2. The highest BCUT2D eigenvalue weighted by molar-refractivity contribution is 7.09. The van der Waals surface area contributed by atoms with Crippen molar-refractivity contribution in [1.82, 2.24) is 9.88 Å². The number of thiazole rings is 1. The number of carbonyl (C=O) groups is 1. The predicted molar refractivity (Wildman–Crippen MR) is 100 cm³/mol. The minimum absolute atomic E-state index is 0.0805. The van der Waals surface area contributed by atoms with E-state index in [1.54, 1.807) is 0 Å². The van der Waals surface area contributed by atoms with Gasteiger partial charge in [-0.15, -0.1) is 13.2 Å². The van der Waals surface area contributed by atoms with E-state index in [-0.39, 0.29) is 10.8 Å². The van der Waals surface area contributed by atoms with E-state index < -0.39 is 0 Å². The van der Waals surface area contributed by atoms with Gasteiger partial charge in [0.1, 0.15) is 0 Å². The Bertz CT molecular complexity index is 764. The van der Waals surface area contributed by atoms with Crippen LogP contribution in [0.1, 0.15) is 11.8 Å². The molecule has 126 valence electrons. The lowest BCUT2D eigenvalue weighted by atomic mass is 10.1. The molecule has 0 aliphatic rings. The molecule has 2 rings (SSSR count). The van der Waals surface area contributed by atoms with Crippen LogP contribution in [0.5, 0.6) is 0 Å². The van der Waals surface area contributed by atoms with E-state index >= 15 is 0 Å². The minimum atomic E-state index is -0.114. The number of hydrogen-bond donors (Lipinski definition) is 2. The first-order valence-corrected chi connectivity index (χ1v) is 8.39. The van der Waals surface area contributed by atoms with Crippen molar-refractivity contribution in [3.8, 4) is 11.3 Å². The lowest BCUT2D eigenvalue weighted by molar-refractivity contribution is -0.114. The van der Waals surface area contributed by atoms with E-state index in [0.29, 0.717) is 6.54 Å². The summed E-state index contributed by atoms with van der Waals surface area (Å²) < 4.78 is 0. The Balaban J connectivity index is 2.27. The normalized spacial score (nSPS) is 10.6. The second-order valence-corrected chi connectivity index (χ2v) is 6.41. The summed E-state index contributed by atoms with van der Waals surface area (Å²) in [6.07, 6.45) is 3.67. The molecule has 2 N–H and O–H groups in total. The van der Waals surface area contributed by atoms with Crippen LogP contribution in [0, 0.1) is 0 Å². The number of rotatable bonds is 8. The number of amides is 1.